The lowest BCUT2D eigenvalue weighted by Gasteiger charge is -2.44. The third-order valence-electron chi connectivity index (χ3n) is 7.59. The maximum absolute atomic E-state index is 12.3. The van der Waals surface area contributed by atoms with E-state index >= 15 is 0 Å². The SMILES string of the molecule is O=C1OC(=O)C2C3C=CC(c4cc5c(cc43)C3C=CC5C4C(=O)OC(=O)C34)C12. The van der Waals surface area contributed by atoms with E-state index in [1.54, 1.807) is 0 Å². The second-order valence-electron chi connectivity index (χ2n) is 8.57. The van der Waals surface area contributed by atoms with Crippen LogP contribution in [0.15, 0.2) is 36.4 Å². The number of cyclic esters (lactones) is 4. The van der Waals surface area contributed by atoms with Crippen LogP contribution in [0.3, 0.4) is 0 Å². The molecule has 0 radical (unpaired) electrons. The molecule has 0 amide bonds. The van der Waals surface area contributed by atoms with Crippen molar-refractivity contribution in [3.8, 4) is 0 Å². The first-order valence-corrected chi connectivity index (χ1v) is 9.60. The third-order valence-corrected chi connectivity index (χ3v) is 7.59. The molecule has 8 atom stereocenters. The molecule has 0 aromatic heterocycles. The number of carbonyl (C=O) groups is 4. The van der Waals surface area contributed by atoms with E-state index in [1.807, 2.05) is 24.3 Å². The summed E-state index contributed by atoms with van der Waals surface area (Å²) in [6.07, 6.45) is 8.03. The smallest absolute Gasteiger partial charge is 0.318 e. The molecule has 4 bridgehead atoms. The first-order valence-electron chi connectivity index (χ1n) is 9.60. The van der Waals surface area contributed by atoms with Crippen molar-refractivity contribution in [2.24, 2.45) is 23.7 Å². The number of hydrogen-bond acceptors (Lipinski definition) is 6. The molecule has 138 valence electrons. The average molecular weight is 374 g/mol. The van der Waals surface area contributed by atoms with Gasteiger partial charge in [-0.05, 0) is 22.3 Å². The molecule has 2 saturated heterocycles. The molecule has 28 heavy (non-hydrogen) atoms. The number of esters is 4. The monoisotopic (exact) mass is 374 g/mol. The molecule has 2 heterocycles. The van der Waals surface area contributed by atoms with Crippen molar-refractivity contribution in [2.45, 2.75) is 23.7 Å². The molecule has 8 unspecified atom stereocenters. The van der Waals surface area contributed by atoms with E-state index in [1.165, 1.54) is 0 Å². The Hall–Kier alpha value is -3.02. The maximum Gasteiger partial charge on any atom is 0.318 e. The molecule has 1 aromatic carbocycles. The minimum absolute atomic E-state index is 0.188. The number of ether oxygens (including phenoxy) is 2. The van der Waals surface area contributed by atoms with Crippen LogP contribution < -0.4 is 0 Å². The molecule has 0 spiro atoms. The summed E-state index contributed by atoms with van der Waals surface area (Å²) < 4.78 is 9.91. The molecule has 6 nitrogen and oxygen atoms in total. The van der Waals surface area contributed by atoms with E-state index < -0.39 is 47.5 Å². The topological polar surface area (TPSA) is 86.7 Å². The molecule has 8 aliphatic rings. The van der Waals surface area contributed by atoms with Crippen LogP contribution >= 0.6 is 0 Å². The molecule has 6 aliphatic carbocycles. The summed E-state index contributed by atoms with van der Waals surface area (Å²) in [7, 11) is 0. The van der Waals surface area contributed by atoms with Crippen LogP contribution in [-0.2, 0) is 28.7 Å². The van der Waals surface area contributed by atoms with Gasteiger partial charge < -0.3 is 9.47 Å². The first kappa shape index (κ1) is 15.0. The second kappa shape index (κ2) is 4.51. The van der Waals surface area contributed by atoms with E-state index in [-0.39, 0.29) is 23.7 Å². The summed E-state index contributed by atoms with van der Waals surface area (Å²) in [5.41, 5.74) is 4.15. The predicted molar refractivity (Wildman–Crippen MR) is 91.8 cm³/mol. The third kappa shape index (κ3) is 1.47. The Morgan fingerprint density at radius 3 is 0.964 bits per heavy atom. The first-order chi connectivity index (χ1) is 13.5. The number of hydrogen-bond donors (Lipinski definition) is 0. The van der Waals surface area contributed by atoms with Crippen molar-refractivity contribution in [1.82, 2.24) is 0 Å². The largest absolute Gasteiger partial charge is 0.393 e. The highest BCUT2D eigenvalue weighted by Crippen LogP contribution is 2.60. The van der Waals surface area contributed by atoms with E-state index in [4.69, 9.17) is 9.47 Å². The van der Waals surface area contributed by atoms with E-state index in [9.17, 15) is 19.2 Å². The van der Waals surface area contributed by atoms with Gasteiger partial charge in [0.15, 0.2) is 0 Å². The summed E-state index contributed by atoms with van der Waals surface area (Å²) in [5.74, 6) is -4.37. The standard InChI is InChI=1S/C22H14O6/c23-19-15-7-1-2-8(16(15)20(24)27-19)12-6-14-10-4-3-9(13(14)5-11(7)12)17-18(10)22(26)28-21(17)25/h1-10,15-18H. The van der Waals surface area contributed by atoms with Crippen LogP contribution in [0.1, 0.15) is 45.9 Å². The molecule has 0 saturated carbocycles. The highest BCUT2D eigenvalue weighted by Gasteiger charge is 2.60. The van der Waals surface area contributed by atoms with Crippen LogP contribution in [-0.4, -0.2) is 23.9 Å². The van der Waals surface area contributed by atoms with Crippen LogP contribution in [0.25, 0.3) is 0 Å². The highest BCUT2D eigenvalue weighted by molar-refractivity contribution is 6.00. The lowest BCUT2D eigenvalue weighted by Crippen LogP contribution is -2.40. The van der Waals surface area contributed by atoms with Gasteiger partial charge >= 0.3 is 23.9 Å². The van der Waals surface area contributed by atoms with Gasteiger partial charge in [-0.1, -0.05) is 36.4 Å². The summed E-state index contributed by atoms with van der Waals surface area (Å²) >= 11 is 0. The Labute approximate surface area is 159 Å². The van der Waals surface area contributed by atoms with Crippen molar-refractivity contribution in [2.75, 3.05) is 0 Å². The van der Waals surface area contributed by atoms with Gasteiger partial charge in [0.05, 0.1) is 23.7 Å². The number of benzene rings is 1. The summed E-state index contributed by atoms with van der Waals surface area (Å²) in [5, 5.41) is 0. The lowest BCUT2D eigenvalue weighted by atomic mass is 9.56. The number of rotatable bonds is 0. The Morgan fingerprint density at radius 2 is 0.714 bits per heavy atom. The number of allylic oxidation sites excluding steroid dienone is 4. The molecule has 2 aliphatic heterocycles. The van der Waals surface area contributed by atoms with Crippen LogP contribution in [0.4, 0.5) is 0 Å². The number of carbonyl (C=O) groups excluding carboxylic acids is 4. The highest BCUT2D eigenvalue weighted by atomic mass is 16.6. The van der Waals surface area contributed by atoms with Gasteiger partial charge in [-0.25, -0.2) is 0 Å². The molecular formula is C22H14O6. The molecule has 0 N–H and O–H groups in total. The Balaban J connectivity index is 1.44. The molecule has 1 aromatic rings. The normalized spacial score (nSPS) is 42.9. The van der Waals surface area contributed by atoms with Crippen LogP contribution in [0, 0.1) is 23.7 Å². The Morgan fingerprint density at radius 1 is 0.464 bits per heavy atom. The zero-order valence-electron chi connectivity index (χ0n) is 14.5. The van der Waals surface area contributed by atoms with E-state index in [0.717, 1.165) is 22.3 Å². The molecule has 9 rings (SSSR count). The van der Waals surface area contributed by atoms with E-state index in [0.29, 0.717) is 0 Å². The van der Waals surface area contributed by atoms with Crippen molar-refractivity contribution < 1.29 is 28.7 Å². The maximum atomic E-state index is 12.3. The fraction of sp³-hybridized carbons (Fsp3) is 0.364. The molecule has 2 fully saturated rings. The predicted octanol–water partition coefficient (Wildman–Crippen LogP) is 1.82. The van der Waals surface area contributed by atoms with Gasteiger partial charge in [0.2, 0.25) is 0 Å². The Kier molecular flexibility index (Phi) is 2.41. The lowest BCUT2D eigenvalue weighted by molar-refractivity contribution is -0.155. The van der Waals surface area contributed by atoms with Gasteiger partial charge in [0, 0.05) is 23.7 Å². The zero-order chi connectivity index (χ0) is 18.9. The summed E-state index contributed by atoms with van der Waals surface area (Å²) in [6, 6.07) is 4.18. The summed E-state index contributed by atoms with van der Waals surface area (Å²) in [6.45, 7) is 0. The van der Waals surface area contributed by atoms with Crippen molar-refractivity contribution in [3.63, 3.8) is 0 Å². The molecule has 6 heteroatoms. The summed E-state index contributed by atoms with van der Waals surface area (Å²) in [4.78, 5) is 49.1. The van der Waals surface area contributed by atoms with Crippen LogP contribution in [0.2, 0.25) is 0 Å². The van der Waals surface area contributed by atoms with Gasteiger partial charge in [-0.3, -0.25) is 19.2 Å². The Bertz CT molecular complexity index is 944. The van der Waals surface area contributed by atoms with Gasteiger partial charge in [0.1, 0.15) is 0 Å². The second-order valence-corrected chi connectivity index (χ2v) is 8.57. The van der Waals surface area contributed by atoms with Crippen molar-refractivity contribution >= 4 is 23.9 Å². The van der Waals surface area contributed by atoms with Crippen molar-refractivity contribution in [3.05, 3.63) is 58.7 Å². The zero-order valence-corrected chi connectivity index (χ0v) is 14.5. The van der Waals surface area contributed by atoms with E-state index in [2.05, 4.69) is 12.1 Å². The van der Waals surface area contributed by atoms with Gasteiger partial charge in [-0.15, -0.1) is 0 Å². The van der Waals surface area contributed by atoms with Crippen LogP contribution in [0.5, 0.6) is 0 Å². The molecular weight excluding hydrogens is 360 g/mol. The fourth-order valence-corrected chi connectivity index (χ4v) is 6.51. The minimum Gasteiger partial charge on any atom is -0.393 e. The van der Waals surface area contributed by atoms with Gasteiger partial charge in [0.25, 0.3) is 0 Å². The minimum atomic E-state index is -0.463. The van der Waals surface area contributed by atoms with Crippen molar-refractivity contribution in [1.29, 1.82) is 0 Å². The van der Waals surface area contributed by atoms with Gasteiger partial charge in [-0.2, -0.15) is 0 Å². The quantitative estimate of drug-likeness (QED) is 0.391. The fourth-order valence-electron chi connectivity index (χ4n) is 6.51. The average Bonchev–Trinajstić information content (AvgIpc) is 3.19.